The highest BCUT2D eigenvalue weighted by atomic mass is 14.4. The minimum absolute atomic E-state index is 0.625. The van der Waals surface area contributed by atoms with E-state index < -0.39 is 0 Å². The van der Waals surface area contributed by atoms with Crippen LogP contribution in [0.4, 0.5) is 0 Å². The van der Waals surface area contributed by atoms with E-state index in [4.69, 9.17) is 0 Å². The van der Waals surface area contributed by atoms with Crippen molar-refractivity contribution < 1.29 is 0 Å². The molecule has 0 aromatic heterocycles. The van der Waals surface area contributed by atoms with Crippen molar-refractivity contribution in [3.05, 3.63) is 0 Å². The van der Waals surface area contributed by atoms with Crippen molar-refractivity contribution in [2.24, 2.45) is 22.7 Å². The molecule has 3 atom stereocenters. The van der Waals surface area contributed by atoms with Gasteiger partial charge >= 0.3 is 0 Å². The topological polar surface area (TPSA) is 0 Å². The molecule has 18 heavy (non-hydrogen) atoms. The second-order valence-electron chi connectivity index (χ2n) is 7.32. The van der Waals surface area contributed by atoms with E-state index in [1.54, 1.807) is 0 Å². The van der Waals surface area contributed by atoms with Crippen LogP contribution in [-0.4, -0.2) is 0 Å². The summed E-state index contributed by atoms with van der Waals surface area (Å²) in [7, 11) is 0. The number of rotatable bonds is 4. The molecule has 0 N–H and O–H groups in total. The summed E-state index contributed by atoms with van der Waals surface area (Å²) in [6.07, 6.45) is 8.22. The summed E-state index contributed by atoms with van der Waals surface area (Å²) >= 11 is 0. The van der Waals surface area contributed by atoms with Crippen molar-refractivity contribution in [3.63, 3.8) is 0 Å². The Morgan fingerprint density at radius 2 is 1.44 bits per heavy atom. The van der Waals surface area contributed by atoms with Crippen LogP contribution >= 0.6 is 0 Å². The highest BCUT2D eigenvalue weighted by molar-refractivity contribution is 4.87. The van der Waals surface area contributed by atoms with Crippen molar-refractivity contribution in [1.82, 2.24) is 0 Å². The Morgan fingerprint density at radius 3 is 1.56 bits per heavy atom. The highest BCUT2D eigenvalue weighted by Gasteiger charge is 2.37. The van der Waals surface area contributed by atoms with Gasteiger partial charge in [0, 0.05) is 0 Å². The van der Waals surface area contributed by atoms with Crippen molar-refractivity contribution in [2.75, 3.05) is 0 Å². The predicted octanol–water partition coefficient (Wildman–Crippen LogP) is 6.69. The molecule has 0 amide bonds. The molecule has 0 aromatic rings. The Morgan fingerprint density at radius 1 is 1.00 bits per heavy atom. The first kappa shape index (κ1) is 18.0. The van der Waals surface area contributed by atoms with Crippen molar-refractivity contribution >= 4 is 0 Å². The standard InChI is InChI=1S/C10H20.C8H18/c1-5-10(4)7-8(2)6-9(10)3;1-5-8(4,6-2)7-3/h8-9H,5-7H2,1-4H3;5-7H2,1-4H3. The fourth-order valence-electron chi connectivity index (χ4n) is 3.21. The molecule has 1 saturated carbocycles. The molecule has 1 rings (SSSR count). The molecular formula is C18H38. The average Bonchev–Trinajstić information content (AvgIpc) is 2.63. The Labute approximate surface area is 117 Å². The molecule has 3 unspecified atom stereocenters. The Balaban J connectivity index is 0.000000331. The van der Waals surface area contributed by atoms with E-state index in [0.29, 0.717) is 10.8 Å². The largest absolute Gasteiger partial charge is 0.0649 e. The van der Waals surface area contributed by atoms with Crippen molar-refractivity contribution in [2.45, 2.75) is 93.9 Å². The highest BCUT2D eigenvalue weighted by Crippen LogP contribution is 2.47. The lowest BCUT2D eigenvalue weighted by molar-refractivity contribution is 0.234. The summed E-state index contributed by atoms with van der Waals surface area (Å²) < 4.78 is 0. The SMILES string of the molecule is CCC(C)(CC)CC.CCC1(C)CC(C)CC1C. The maximum atomic E-state index is 2.45. The molecule has 0 heteroatoms. The minimum Gasteiger partial charge on any atom is -0.0649 e. The van der Waals surface area contributed by atoms with Gasteiger partial charge in [0.1, 0.15) is 0 Å². The van der Waals surface area contributed by atoms with Gasteiger partial charge in [-0.25, -0.2) is 0 Å². The van der Waals surface area contributed by atoms with E-state index >= 15 is 0 Å². The van der Waals surface area contributed by atoms with Crippen LogP contribution in [0.5, 0.6) is 0 Å². The molecule has 0 aromatic carbocycles. The summed E-state index contributed by atoms with van der Waals surface area (Å²) in [6, 6.07) is 0. The zero-order chi connectivity index (χ0) is 14.4. The van der Waals surface area contributed by atoms with Crippen LogP contribution in [0.3, 0.4) is 0 Å². The van der Waals surface area contributed by atoms with Gasteiger partial charge in [0.05, 0.1) is 0 Å². The Kier molecular flexibility index (Phi) is 7.56. The van der Waals surface area contributed by atoms with Crippen LogP contribution in [-0.2, 0) is 0 Å². The van der Waals surface area contributed by atoms with Crippen LogP contribution in [0.1, 0.15) is 93.9 Å². The molecule has 1 fully saturated rings. The summed E-state index contributed by atoms with van der Waals surface area (Å²) in [6.45, 7) is 18.7. The molecule has 0 bridgehead atoms. The van der Waals surface area contributed by atoms with Crippen LogP contribution in [0.2, 0.25) is 0 Å². The molecule has 0 spiro atoms. The number of hydrogen-bond acceptors (Lipinski definition) is 0. The number of hydrogen-bond donors (Lipinski definition) is 0. The van der Waals surface area contributed by atoms with E-state index in [0.717, 1.165) is 11.8 Å². The van der Waals surface area contributed by atoms with Crippen LogP contribution in [0.15, 0.2) is 0 Å². The second kappa shape index (κ2) is 7.56. The lowest BCUT2D eigenvalue weighted by Crippen LogP contribution is -2.17. The van der Waals surface area contributed by atoms with E-state index in [9.17, 15) is 0 Å². The minimum atomic E-state index is 0.625. The van der Waals surface area contributed by atoms with Gasteiger partial charge in [-0.3, -0.25) is 0 Å². The maximum Gasteiger partial charge on any atom is -0.0300 e. The van der Waals surface area contributed by atoms with Crippen molar-refractivity contribution in [1.29, 1.82) is 0 Å². The summed E-state index contributed by atoms with van der Waals surface area (Å²) in [5.74, 6) is 1.92. The van der Waals surface area contributed by atoms with Gasteiger partial charge in [-0.15, -0.1) is 0 Å². The van der Waals surface area contributed by atoms with E-state index in [2.05, 4.69) is 55.4 Å². The lowest BCUT2D eigenvalue weighted by Gasteiger charge is -2.27. The summed E-state index contributed by atoms with van der Waals surface area (Å²) in [4.78, 5) is 0. The molecule has 0 radical (unpaired) electrons. The van der Waals surface area contributed by atoms with Gasteiger partial charge < -0.3 is 0 Å². The average molecular weight is 255 g/mol. The van der Waals surface area contributed by atoms with Crippen LogP contribution in [0, 0.1) is 22.7 Å². The maximum absolute atomic E-state index is 2.45. The first-order valence-electron chi connectivity index (χ1n) is 8.26. The summed E-state index contributed by atoms with van der Waals surface area (Å²) in [5.41, 5.74) is 1.29. The van der Waals surface area contributed by atoms with Crippen LogP contribution in [0.25, 0.3) is 0 Å². The third-order valence-electron chi connectivity index (χ3n) is 6.13. The first-order chi connectivity index (χ1) is 8.26. The van der Waals surface area contributed by atoms with Crippen LogP contribution < -0.4 is 0 Å². The second-order valence-corrected chi connectivity index (χ2v) is 7.32. The van der Waals surface area contributed by atoms with Gasteiger partial charge in [0.2, 0.25) is 0 Å². The van der Waals surface area contributed by atoms with Gasteiger partial charge in [-0.1, -0.05) is 81.1 Å². The van der Waals surface area contributed by atoms with Gasteiger partial charge in [0.15, 0.2) is 0 Å². The molecule has 1 aliphatic carbocycles. The van der Waals surface area contributed by atoms with E-state index in [-0.39, 0.29) is 0 Å². The van der Waals surface area contributed by atoms with Crippen molar-refractivity contribution in [3.8, 4) is 0 Å². The quantitative estimate of drug-likeness (QED) is 0.524. The van der Waals surface area contributed by atoms with Gasteiger partial charge in [0.25, 0.3) is 0 Å². The molecule has 0 saturated heterocycles. The monoisotopic (exact) mass is 254 g/mol. The van der Waals surface area contributed by atoms with E-state index in [1.165, 1.54) is 38.5 Å². The molecule has 1 aliphatic rings. The molecule has 0 aliphatic heterocycles. The lowest BCUT2D eigenvalue weighted by atomic mass is 9.78. The fourth-order valence-corrected chi connectivity index (χ4v) is 3.21. The molecule has 0 nitrogen and oxygen atoms in total. The smallest absolute Gasteiger partial charge is 0.0300 e. The van der Waals surface area contributed by atoms with Gasteiger partial charge in [-0.05, 0) is 35.5 Å². The predicted molar refractivity (Wildman–Crippen MR) is 84.9 cm³/mol. The zero-order valence-electron chi connectivity index (χ0n) is 14.4. The van der Waals surface area contributed by atoms with E-state index in [1.807, 2.05) is 0 Å². The van der Waals surface area contributed by atoms with Gasteiger partial charge in [-0.2, -0.15) is 0 Å². The molecular weight excluding hydrogens is 216 g/mol. The Bertz CT molecular complexity index is 206. The zero-order valence-corrected chi connectivity index (χ0v) is 14.4. The first-order valence-corrected chi connectivity index (χ1v) is 8.26. The molecule has 0 heterocycles. The fraction of sp³-hybridized carbons (Fsp3) is 1.00. The third-order valence-corrected chi connectivity index (χ3v) is 6.13. The Hall–Kier alpha value is 0. The normalized spacial score (nSPS) is 32.0. The molecule has 110 valence electrons. The third kappa shape index (κ3) is 4.94. The summed E-state index contributed by atoms with van der Waals surface area (Å²) in [5, 5.41) is 0.